The molecule has 0 amide bonds. The number of nitrogens with one attached hydrogen (secondary N) is 1. The first-order chi connectivity index (χ1) is 13.1. The van der Waals surface area contributed by atoms with E-state index in [1.165, 1.54) is 7.11 Å². The summed E-state index contributed by atoms with van der Waals surface area (Å²) in [5.41, 5.74) is 3.17. The Hall–Kier alpha value is -3.12. The maximum atomic E-state index is 12.1. The van der Waals surface area contributed by atoms with Crippen LogP contribution in [0.4, 0.5) is 5.95 Å². The van der Waals surface area contributed by atoms with Gasteiger partial charge in [-0.15, -0.1) is 5.10 Å². The molecule has 0 saturated carbocycles. The fourth-order valence-corrected chi connectivity index (χ4v) is 3.23. The number of halogens is 1. The third-order valence-corrected chi connectivity index (χ3v) is 4.75. The molecule has 0 aliphatic carbocycles. The van der Waals surface area contributed by atoms with Crippen molar-refractivity contribution in [2.45, 2.75) is 13.0 Å². The van der Waals surface area contributed by atoms with Gasteiger partial charge in [-0.05, 0) is 24.6 Å². The van der Waals surface area contributed by atoms with Gasteiger partial charge < -0.3 is 10.1 Å². The second kappa shape index (κ2) is 6.89. The van der Waals surface area contributed by atoms with E-state index in [9.17, 15) is 4.79 Å². The molecular formula is C20H17ClN4O2. The summed E-state index contributed by atoms with van der Waals surface area (Å²) in [5, 5.41) is 8.24. The van der Waals surface area contributed by atoms with Crippen molar-refractivity contribution in [3.63, 3.8) is 0 Å². The van der Waals surface area contributed by atoms with Gasteiger partial charge in [0.05, 0.1) is 7.11 Å². The van der Waals surface area contributed by atoms with Gasteiger partial charge in [0.1, 0.15) is 11.7 Å². The van der Waals surface area contributed by atoms with E-state index < -0.39 is 5.97 Å². The molecule has 0 saturated heterocycles. The van der Waals surface area contributed by atoms with Crippen LogP contribution in [0.2, 0.25) is 5.02 Å². The summed E-state index contributed by atoms with van der Waals surface area (Å²) >= 11 is 6.40. The van der Waals surface area contributed by atoms with Crippen LogP contribution in [0.15, 0.2) is 60.3 Å². The number of carbonyl (C=O) groups is 1. The number of aryl methyl sites for hydroxylation is 1. The van der Waals surface area contributed by atoms with Gasteiger partial charge in [0.2, 0.25) is 5.95 Å². The van der Waals surface area contributed by atoms with Gasteiger partial charge in [0.25, 0.3) is 0 Å². The molecule has 4 rings (SSSR count). The molecule has 136 valence electrons. The van der Waals surface area contributed by atoms with Crippen LogP contribution < -0.4 is 5.32 Å². The van der Waals surface area contributed by atoms with E-state index >= 15 is 0 Å². The number of rotatable bonds is 3. The van der Waals surface area contributed by atoms with Crippen LogP contribution in [0.25, 0.3) is 11.4 Å². The van der Waals surface area contributed by atoms with Crippen LogP contribution in [0.5, 0.6) is 0 Å². The van der Waals surface area contributed by atoms with Crippen LogP contribution >= 0.6 is 11.6 Å². The van der Waals surface area contributed by atoms with Gasteiger partial charge in [-0.25, -0.2) is 9.48 Å². The topological polar surface area (TPSA) is 69.0 Å². The fraction of sp³-hybridized carbons (Fsp3) is 0.150. The minimum absolute atomic E-state index is 0.303. The van der Waals surface area contributed by atoms with Crippen LogP contribution in [-0.2, 0) is 9.53 Å². The molecule has 6 nitrogen and oxygen atoms in total. The zero-order valence-corrected chi connectivity index (χ0v) is 15.6. The van der Waals surface area contributed by atoms with Crippen molar-refractivity contribution in [2.75, 3.05) is 12.4 Å². The molecule has 3 aromatic rings. The Morgan fingerprint density at radius 2 is 1.93 bits per heavy atom. The van der Waals surface area contributed by atoms with Gasteiger partial charge in [-0.2, -0.15) is 4.98 Å². The Bertz CT molecular complexity index is 1040. The lowest BCUT2D eigenvalue weighted by atomic mass is 10.0. The predicted octanol–water partition coefficient (Wildman–Crippen LogP) is 3.98. The second-order valence-corrected chi connectivity index (χ2v) is 6.64. The third-order valence-electron chi connectivity index (χ3n) is 4.40. The van der Waals surface area contributed by atoms with Crippen molar-refractivity contribution in [3.05, 3.63) is 76.5 Å². The SMILES string of the molecule is COC(=O)C1=CC(c2ccccc2Cl)n2nc(-c3ccc(C)cc3)nc2N1. The summed E-state index contributed by atoms with van der Waals surface area (Å²) in [5.74, 6) is 0.547. The molecule has 2 heterocycles. The van der Waals surface area contributed by atoms with E-state index in [0.717, 1.165) is 16.7 Å². The van der Waals surface area contributed by atoms with E-state index in [1.54, 1.807) is 10.8 Å². The molecule has 0 bridgehead atoms. The highest BCUT2D eigenvalue weighted by molar-refractivity contribution is 6.31. The van der Waals surface area contributed by atoms with Crippen molar-refractivity contribution in [1.82, 2.24) is 14.8 Å². The number of ether oxygens (including phenoxy) is 1. The summed E-state index contributed by atoms with van der Waals surface area (Å²) in [6.07, 6.45) is 1.74. The summed E-state index contributed by atoms with van der Waals surface area (Å²) < 4.78 is 6.59. The van der Waals surface area contributed by atoms with Crippen molar-refractivity contribution in [1.29, 1.82) is 0 Å². The zero-order valence-electron chi connectivity index (χ0n) is 14.8. The summed E-state index contributed by atoms with van der Waals surface area (Å²) in [7, 11) is 1.34. The molecule has 1 unspecified atom stereocenters. The Morgan fingerprint density at radius 1 is 1.19 bits per heavy atom. The zero-order chi connectivity index (χ0) is 19.0. The van der Waals surface area contributed by atoms with Gasteiger partial charge in [0, 0.05) is 10.6 Å². The average molecular weight is 381 g/mol. The Labute approximate surface area is 161 Å². The van der Waals surface area contributed by atoms with Crippen molar-refractivity contribution in [2.24, 2.45) is 0 Å². The number of carbonyl (C=O) groups excluding carboxylic acids is 1. The first-order valence-corrected chi connectivity index (χ1v) is 8.80. The maximum Gasteiger partial charge on any atom is 0.354 e. The number of allylic oxidation sites excluding steroid dienone is 1. The third kappa shape index (κ3) is 3.19. The highest BCUT2D eigenvalue weighted by atomic mass is 35.5. The van der Waals surface area contributed by atoms with E-state index in [2.05, 4.69) is 15.4 Å². The molecule has 27 heavy (non-hydrogen) atoms. The lowest BCUT2D eigenvalue weighted by Crippen LogP contribution is -2.25. The average Bonchev–Trinajstić information content (AvgIpc) is 3.12. The standard InChI is InChI=1S/C20H17ClN4O2/c1-12-7-9-13(10-8-12)18-23-20-22-16(19(26)27-2)11-17(25(20)24-18)14-5-3-4-6-15(14)21/h3-11,17H,1-2H3,(H,22,23,24). The maximum absolute atomic E-state index is 12.1. The second-order valence-electron chi connectivity index (χ2n) is 6.23. The molecule has 0 spiro atoms. The number of anilines is 1. The molecule has 1 atom stereocenters. The number of hydrogen-bond acceptors (Lipinski definition) is 5. The predicted molar refractivity (Wildman–Crippen MR) is 104 cm³/mol. The van der Waals surface area contributed by atoms with Gasteiger partial charge in [-0.3, -0.25) is 0 Å². The lowest BCUT2D eigenvalue weighted by Gasteiger charge is -2.23. The van der Waals surface area contributed by atoms with E-state index in [-0.39, 0.29) is 6.04 Å². The van der Waals surface area contributed by atoms with Crippen LogP contribution in [0, 0.1) is 6.92 Å². The lowest BCUT2D eigenvalue weighted by molar-refractivity contribution is -0.136. The fourth-order valence-electron chi connectivity index (χ4n) is 2.98. The molecule has 2 aromatic carbocycles. The monoisotopic (exact) mass is 380 g/mol. The minimum Gasteiger partial charge on any atom is -0.464 e. The number of benzene rings is 2. The van der Waals surface area contributed by atoms with E-state index in [0.29, 0.717) is 22.5 Å². The van der Waals surface area contributed by atoms with E-state index in [4.69, 9.17) is 16.3 Å². The molecule has 0 radical (unpaired) electrons. The highest BCUT2D eigenvalue weighted by Crippen LogP contribution is 2.34. The highest BCUT2D eigenvalue weighted by Gasteiger charge is 2.29. The first-order valence-electron chi connectivity index (χ1n) is 8.42. The summed E-state index contributed by atoms with van der Waals surface area (Å²) in [6, 6.07) is 15.0. The Balaban J connectivity index is 1.83. The number of fused-ring (bicyclic) bond motifs is 1. The largest absolute Gasteiger partial charge is 0.464 e. The molecule has 1 aliphatic heterocycles. The van der Waals surface area contributed by atoms with Crippen LogP contribution in [0.1, 0.15) is 17.2 Å². The number of esters is 1. The van der Waals surface area contributed by atoms with E-state index in [1.807, 2.05) is 55.5 Å². The van der Waals surface area contributed by atoms with Crippen LogP contribution in [0.3, 0.4) is 0 Å². The van der Waals surface area contributed by atoms with Gasteiger partial charge >= 0.3 is 5.97 Å². The molecule has 1 aromatic heterocycles. The normalized spacial score (nSPS) is 15.5. The number of hydrogen-bond donors (Lipinski definition) is 1. The first kappa shape index (κ1) is 17.3. The minimum atomic E-state index is -0.474. The van der Waals surface area contributed by atoms with Gasteiger partial charge in [0.15, 0.2) is 5.82 Å². The van der Waals surface area contributed by atoms with Crippen molar-refractivity contribution >= 4 is 23.5 Å². The Morgan fingerprint density at radius 3 is 2.63 bits per heavy atom. The quantitative estimate of drug-likeness (QED) is 0.696. The van der Waals surface area contributed by atoms with Crippen LogP contribution in [-0.4, -0.2) is 27.8 Å². The summed E-state index contributed by atoms with van der Waals surface area (Å²) in [6.45, 7) is 2.02. The molecule has 7 heteroatoms. The number of methoxy groups -OCH3 is 1. The van der Waals surface area contributed by atoms with Gasteiger partial charge in [-0.1, -0.05) is 59.6 Å². The molecule has 1 aliphatic rings. The molecule has 0 fully saturated rings. The van der Waals surface area contributed by atoms with Crippen molar-refractivity contribution < 1.29 is 9.53 Å². The summed E-state index contributed by atoms with van der Waals surface area (Å²) in [4.78, 5) is 16.7. The Kier molecular flexibility index (Phi) is 4.41. The van der Waals surface area contributed by atoms with Crippen molar-refractivity contribution in [3.8, 4) is 11.4 Å². The molecular weight excluding hydrogens is 364 g/mol. The number of aromatic nitrogens is 3. The number of nitrogens with zero attached hydrogens (tertiary/aromatic N) is 3. The molecule has 1 N–H and O–H groups in total. The smallest absolute Gasteiger partial charge is 0.354 e.